The van der Waals surface area contributed by atoms with Gasteiger partial charge in [-0.3, -0.25) is 28.3 Å². The lowest BCUT2D eigenvalue weighted by Crippen LogP contribution is -2.74. The monoisotopic (exact) mass is 1080 g/mol. The molecule has 68 heavy (non-hydrogen) atoms. The first kappa shape index (κ1) is 57.4. The molecule has 0 aliphatic heterocycles. The molecule has 0 N–H and O–H groups in total. The Labute approximate surface area is 342 Å². The number of nitrogens with zero attached hydrogens (tertiary/aromatic N) is 2. The van der Waals surface area contributed by atoms with E-state index in [9.17, 15) is 168 Å². The van der Waals surface area contributed by atoms with Crippen molar-refractivity contribution in [1.29, 1.82) is 0 Å². The maximum atomic E-state index is 14.6. The zero-order chi connectivity index (χ0) is 54.6. The molecule has 0 fully saturated rings. The van der Waals surface area contributed by atoms with Crippen LogP contribution in [0.4, 0.5) is 149 Å². The van der Waals surface area contributed by atoms with Gasteiger partial charge < -0.3 is 0 Å². The van der Waals surface area contributed by atoms with E-state index in [1.54, 1.807) is 0 Å². The van der Waals surface area contributed by atoms with Gasteiger partial charge in [0.1, 0.15) is 0 Å². The second kappa shape index (κ2) is 14.8. The molecule has 0 aliphatic rings. The molecular weight excluding hydrogens is 1070 g/mol. The molecule has 40 heteroatoms. The molecule has 0 amide bonds. The summed E-state index contributed by atoms with van der Waals surface area (Å²) < 4.78 is 460. The number of benzene rings is 1. The van der Waals surface area contributed by atoms with Gasteiger partial charge in [-0.1, -0.05) is 0 Å². The maximum Gasteiger partial charge on any atom is 0.460 e. The normalized spacial score (nSPS) is 16.1. The van der Waals surface area contributed by atoms with Gasteiger partial charge in [-0.15, -0.1) is 0 Å². The predicted octanol–water partition coefficient (Wildman–Crippen LogP) is 9.93. The van der Waals surface area contributed by atoms with Crippen molar-refractivity contribution in [3.8, 4) is 0 Å². The van der Waals surface area contributed by atoms with E-state index in [4.69, 9.17) is 0 Å². The molecule has 0 bridgehead atoms. The third kappa shape index (κ3) is 6.89. The molecule has 0 saturated heterocycles. The van der Waals surface area contributed by atoms with E-state index in [1.165, 1.54) is 0 Å². The Morgan fingerprint density at radius 1 is 0.250 bits per heavy atom. The van der Waals surface area contributed by atoms with E-state index in [0.717, 1.165) is 0 Å². The fourth-order valence-electron chi connectivity index (χ4n) is 5.35. The first-order chi connectivity index (χ1) is 29.3. The Kier molecular flexibility index (Phi) is 12.5. The summed E-state index contributed by atoms with van der Waals surface area (Å²) in [7, 11) is 0. The summed E-state index contributed by atoms with van der Waals surface area (Å²) in [5.74, 6) is -122. The third-order valence-electron chi connectivity index (χ3n) is 9.35. The van der Waals surface area contributed by atoms with Crippen molar-refractivity contribution < 1.29 is 149 Å². The number of aromatic nitrogens is 2. The molecule has 6 nitrogen and oxygen atoms in total. The molecule has 1 aromatic carbocycles. The quantitative estimate of drug-likeness (QED) is 0.134. The molecule has 0 radical (unpaired) electrons. The van der Waals surface area contributed by atoms with Crippen LogP contribution in [-0.4, -0.2) is 104 Å². The minimum atomic E-state index is -9.16. The summed E-state index contributed by atoms with van der Waals surface area (Å²) in [6.45, 7) is -7.95. The maximum absolute atomic E-state index is 14.6. The standard InChI is InChI=1S/C28H6F34N2O4/c29-13(30,15(33,34)17(37,38)19(41,42)21(45,46)23(49,50)25(53,54)27(57,58)59)3-63-9(65)5-1-6-8(2-7(5)11(63)67)12(68)64(10(6)66)4-14(31,32)16(35,36)18(39,40)20(43,44)22(47,48)24(51,52)26(55,56)28(60,61)62/h1-2H,3-4H2. The summed E-state index contributed by atoms with van der Waals surface area (Å²) >= 11 is 0. The van der Waals surface area contributed by atoms with Crippen LogP contribution >= 0.6 is 0 Å². The molecular formula is C28H6F34N2O4. The van der Waals surface area contributed by atoms with Crippen LogP contribution in [-0.2, 0) is 13.1 Å². The SMILES string of the molecule is O=c1c2cc3c(=O)n(CC(F)(F)C(F)(F)C(F)(F)C(F)(F)C(F)(F)C(F)(F)C(F)(F)C(F)(F)F)c(=O)c3cc2c(=O)n1CC(F)(F)C(F)(F)C(F)(F)C(F)(F)C(F)(F)C(F)(F)C(F)(F)C(F)(F)F. The van der Waals surface area contributed by atoms with E-state index >= 15 is 0 Å². The fourth-order valence-corrected chi connectivity index (χ4v) is 5.35. The van der Waals surface area contributed by atoms with Gasteiger partial charge in [0.25, 0.3) is 22.2 Å². The number of alkyl halides is 34. The van der Waals surface area contributed by atoms with E-state index < -0.39 is 173 Å². The van der Waals surface area contributed by atoms with Crippen molar-refractivity contribution in [3.63, 3.8) is 0 Å². The van der Waals surface area contributed by atoms with Crippen LogP contribution in [0.2, 0.25) is 0 Å². The average Bonchev–Trinajstić information content (AvgIpc) is 3.50. The zero-order valence-electron chi connectivity index (χ0n) is 29.9. The minimum absolute atomic E-state index is 0.559. The van der Waals surface area contributed by atoms with Crippen LogP contribution in [0.5, 0.6) is 0 Å². The highest BCUT2D eigenvalue weighted by atomic mass is 19.4. The van der Waals surface area contributed by atoms with Crippen LogP contribution in [0.3, 0.4) is 0 Å². The lowest BCUT2D eigenvalue weighted by atomic mass is 9.89. The Morgan fingerprint density at radius 3 is 0.559 bits per heavy atom. The van der Waals surface area contributed by atoms with Crippen molar-refractivity contribution in [1.82, 2.24) is 9.13 Å². The molecule has 3 rings (SSSR count). The first-order valence-electron chi connectivity index (χ1n) is 15.6. The molecule has 2 aromatic heterocycles. The Hall–Kier alpha value is -4.88. The van der Waals surface area contributed by atoms with Crippen molar-refractivity contribution in [3.05, 3.63) is 53.5 Å². The summed E-state index contributed by atoms with van der Waals surface area (Å²) in [6.07, 6.45) is -16.2. The number of halogens is 34. The van der Waals surface area contributed by atoms with Crippen molar-refractivity contribution >= 4 is 21.5 Å². The highest BCUT2D eigenvalue weighted by Gasteiger charge is 2.97. The third-order valence-corrected chi connectivity index (χ3v) is 9.35. The van der Waals surface area contributed by atoms with Gasteiger partial charge in [0.05, 0.1) is 34.6 Å². The van der Waals surface area contributed by atoms with Crippen molar-refractivity contribution in [2.75, 3.05) is 0 Å². The predicted molar refractivity (Wildman–Crippen MR) is 146 cm³/mol. The molecule has 3 aromatic rings. The summed E-state index contributed by atoms with van der Waals surface area (Å²) in [4.78, 5) is 50.5. The van der Waals surface area contributed by atoms with E-state index in [-0.39, 0.29) is 0 Å². The molecule has 390 valence electrons. The first-order valence-corrected chi connectivity index (χ1v) is 15.6. The molecule has 0 spiro atoms. The second-order valence-corrected chi connectivity index (χ2v) is 13.6. The summed E-state index contributed by atoms with van der Waals surface area (Å²) in [5.41, 5.74) is -11.4. The van der Waals surface area contributed by atoms with Crippen LogP contribution in [0.15, 0.2) is 31.3 Å². The zero-order valence-corrected chi connectivity index (χ0v) is 29.9. The van der Waals surface area contributed by atoms with E-state index in [0.29, 0.717) is 0 Å². The fraction of sp³-hybridized carbons (Fsp3) is 0.643. The lowest BCUT2D eigenvalue weighted by Gasteiger charge is -2.42. The minimum Gasteiger partial charge on any atom is -0.269 e. The van der Waals surface area contributed by atoms with Crippen molar-refractivity contribution in [2.45, 2.75) is 108 Å². The van der Waals surface area contributed by atoms with Gasteiger partial charge in [0, 0.05) is 0 Å². The van der Waals surface area contributed by atoms with Crippen LogP contribution in [0.25, 0.3) is 21.5 Å². The van der Waals surface area contributed by atoms with E-state index in [1.807, 2.05) is 0 Å². The number of hydrogen-bond acceptors (Lipinski definition) is 4. The number of hydrogen-bond donors (Lipinski definition) is 0. The molecule has 2 heterocycles. The summed E-state index contributed by atoms with van der Waals surface area (Å²) in [6, 6.07) is -1.12. The smallest absolute Gasteiger partial charge is 0.269 e. The van der Waals surface area contributed by atoms with E-state index in [2.05, 4.69) is 0 Å². The lowest BCUT2D eigenvalue weighted by molar-refractivity contribution is -0.462. The Morgan fingerprint density at radius 2 is 0.397 bits per heavy atom. The average molecular weight is 1080 g/mol. The van der Waals surface area contributed by atoms with Gasteiger partial charge in [0.15, 0.2) is 0 Å². The Bertz CT molecular complexity index is 2420. The number of fused-ring (bicyclic) bond motifs is 2. The molecule has 0 saturated carbocycles. The molecule has 0 atom stereocenters. The van der Waals surface area contributed by atoms with Crippen LogP contribution in [0, 0.1) is 0 Å². The number of rotatable bonds is 16. The second-order valence-electron chi connectivity index (χ2n) is 13.6. The molecule has 0 unspecified atom stereocenters. The van der Waals surface area contributed by atoms with Gasteiger partial charge in [-0.05, 0) is 12.1 Å². The van der Waals surface area contributed by atoms with Crippen molar-refractivity contribution in [2.24, 2.45) is 0 Å². The summed E-state index contributed by atoms with van der Waals surface area (Å²) in [5, 5.41) is -7.91. The van der Waals surface area contributed by atoms with Crippen LogP contribution < -0.4 is 22.2 Å². The van der Waals surface area contributed by atoms with Gasteiger partial charge in [0.2, 0.25) is 0 Å². The highest BCUT2D eigenvalue weighted by molar-refractivity contribution is 5.97. The van der Waals surface area contributed by atoms with Gasteiger partial charge >= 0.3 is 95.3 Å². The molecule has 0 aliphatic carbocycles. The van der Waals surface area contributed by atoms with Gasteiger partial charge in [-0.2, -0.15) is 149 Å². The Balaban J connectivity index is 2.18. The van der Waals surface area contributed by atoms with Gasteiger partial charge in [-0.25, -0.2) is 0 Å². The van der Waals surface area contributed by atoms with Crippen LogP contribution in [0.1, 0.15) is 0 Å². The highest BCUT2D eigenvalue weighted by Crippen LogP contribution is 2.66. The largest absolute Gasteiger partial charge is 0.460 e. The topological polar surface area (TPSA) is 78.1 Å².